The average Bonchev–Trinajstić information content (AvgIpc) is 2.57. The summed E-state index contributed by atoms with van der Waals surface area (Å²) in [5, 5.41) is 7.52. The molecule has 0 aromatic carbocycles. The van der Waals surface area contributed by atoms with E-state index in [-0.39, 0.29) is 0 Å². The van der Waals surface area contributed by atoms with E-state index in [0.29, 0.717) is 0 Å². The van der Waals surface area contributed by atoms with E-state index in [2.05, 4.69) is 6.58 Å². The molecule has 0 saturated carbocycles. The molecule has 0 saturated heterocycles. The molecule has 14 heavy (non-hydrogen) atoms. The summed E-state index contributed by atoms with van der Waals surface area (Å²) in [6.45, 7) is 3.46. The molecule has 0 N–H and O–H groups in total. The molecule has 0 bridgehead atoms. The Labute approximate surface area is 83.0 Å². The second-order valence-corrected chi connectivity index (χ2v) is 4.82. The molecule has 0 aliphatic carbocycles. The number of sulfone groups is 1. The van der Waals surface area contributed by atoms with E-state index in [9.17, 15) is 8.42 Å². The summed E-state index contributed by atoms with van der Waals surface area (Å²) >= 11 is 0. The van der Waals surface area contributed by atoms with Crippen LogP contribution in [0.15, 0.2) is 37.2 Å². The molecule has 0 spiro atoms. The molecule has 1 aromatic rings. The number of nitrogens with zero attached hydrogens (tertiary/aromatic N) is 2. The Morgan fingerprint density at radius 2 is 2.07 bits per heavy atom. The van der Waals surface area contributed by atoms with Crippen LogP contribution in [0.5, 0.6) is 0 Å². The van der Waals surface area contributed by atoms with Gasteiger partial charge in [-0.15, -0.1) is 0 Å². The van der Waals surface area contributed by atoms with Crippen molar-refractivity contribution in [2.75, 3.05) is 5.75 Å². The molecular weight excluding hydrogens is 200 g/mol. The smallest absolute Gasteiger partial charge is 0.188 e. The summed E-state index contributed by atoms with van der Waals surface area (Å²) in [4.78, 5) is 0. The highest BCUT2D eigenvalue weighted by atomic mass is 32.2. The van der Waals surface area contributed by atoms with Gasteiger partial charge in [0.25, 0.3) is 0 Å². The summed E-state index contributed by atoms with van der Waals surface area (Å²) in [6, 6.07) is 5.08. The second kappa shape index (κ2) is 4.11. The predicted octanol–water partition coefficient (Wildman–Crippen LogP) is 1.11. The first-order valence-corrected chi connectivity index (χ1v) is 5.67. The van der Waals surface area contributed by atoms with Gasteiger partial charge in [-0.25, -0.2) is 8.42 Å². The topological polar surface area (TPSA) is 62.9 Å². The maximum absolute atomic E-state index is 11.5. The molecule has 0 aliphatic rings. The highest BCUT2D eigenvalue weighted by Gasteiger charge is 2.22. The Kier molecular flexibility index (Phi) is 3.10. The van der Waals surface area contributed by atoms with Crippen molar-refractivity contribution in [2.24, 2.45) is 0 Å². The maximum atomic E-state index is 11.5. The molecule has 74 valence electrons. The van der Waals surface area contributed by atoms with Crippen molar-refractivity contribution in [3.8, 4) is 6.07 Å². The van der Waals surface area contributed by atoms with Crippen molar-refractivity contribution in [1.82, 2.24) is 4.57 Å². The quantitative estimate of drug-likeness (QED) is 0.699. The minimum Gasteiger partial charge on any atom is -0.334 e. The lowest BCUT2D eigenvalue weighted by Crippen LogP contribution is -2.18. The van der Waals surface area contributed by atoms with Crippen LogP contribution in [0.25, 0.3) is 0 Å². The van der Waals surface area contributed by atoms with E-state index in [1.165, 1.54) is 10.6 Å². The lowest BCUT2D eigenvalue weighted by Gasteiger charge is -2.12. The van der Waals surface area contributed by atoms with Crippen LogP contribution in [-0.4, -0.2) is 18.7 Å². The van der Waals surface area contributed by atoms with Crippen molar-refractivity contribution in [1.29, 1.82) is 5.26 Å². The van der Waals surface area contributed by atoms with Crippen LogP contribution in [0.3, 0.4) is 0 Å². The molecule has 1 aromatic heterocycles. The van der Waals surface area contributed by atoms with Crippen LogP contribution in [0.2, 0.25) is 0 Å². The van der Waals surface area contributed by atoms with Crippen molar-refractivity contribution in [3.05, 3.63) is 37.2 Å². The Hall–Kier alpha value is -1.54. The van der Waals surface area contributed by atoms with Crippen molar-refractivity contribution in [2.45, 2.75) is 5.37 Å². The van der Waals surface area contributed by atoms with Gasteiger partial charge in [0.15, 0.2) is 15.2 Å². The fraction of sp³-hybridized carbons (Fsp3) is 0.222. The molecule has 4 nitrogen and oxygen atoms in total. The van der Waals surface area contributed by atoms with E-state index in [0.717, 1.165) is 0 Å². The lowest BCUT2D eigenvalue weighted by atomic mass is 10.6. The van der Waals surface area contributed by atoms with Gasteiger partial charge < -0.3 is 4.57 Å². The molecule has 5 heteroatoms. The Balaban J connectivity index is 3.06. The van der Waals surface area contributed by atoms with Gasteiger partial charge in [0.1, 0.15) is 5.75 Å². The number of rotatable bonds is 4. The van der Waals surface area contributed by atoms with Crippen LogP contribution in [0, 0.1) is 11.3 Å². The summed E-state index contributed by atoms with van der Waals surface area (Å²) in [5.41, 5.74) is 0. The number of aromatic nitrogens is 1. The SMILES string of the molecule is C=CC(n1cccc1)S(=O)(=O)CC#N. The molecule has 1 heterocycles. The van der Waals surface area contributed by atoms with Gasteiger partial charge in [-0.3, -0.25) is 0 Å². The van der Waals surface area contributed by atoms with Gasteiger partial charge in [-0.1, -0.05) is 12.7 Å². The van der Waals surface area contributed by atoms with Gasteiger partial charge in [0, 0.05) is 12.4 Å². The van der Waals surface area contributed by atoms with E-state index in [1.54, 1.807) is 30.6 Å². The van der Waals surface area contributed by atoms with E-state index in [4.69, 9.17) is 5.26 Å². The zero-order valence-electron chi connectivity index (χ0n) is 7.50. The second-order valence-electron chi connectivity index (χ2n) is 2.72. The third-order valence-electron chi connectivity index (χ3n) is 1.76. The fourth-order valence-electron chi connectivity index (χ4n) is 1.15. The summed E-state index contributed by atoms with van der Waals surface area (Å²) in [7, 11) is -3.46. The molecule has 1 atom stereocenters. The minimum absolute atomic E-state index is 0.498. The van der Waals surface area contributed by atoms with Crippen LogP contribution in [0.1, 0.15) is 5.37 Å². The molecule has 0 radical (unpaired) electrons. The van der Waals surface area contributed by atoms with Crippen LogP contribution in [-0.2, 0) is 9.84 Å². The van der Waals surface area contributed by atoms with Crippen LogP contribution >= 0.6 is 0 Å². The monoisotopic (exact) mass is 210 g/mol. The summed E-state index contributed by atoms with van der Waals surface area (Å²) in [6.07, 6.45) is 4.56. The molecule has 1 rings (SSSR count). The molecule has 0 fully saturated rings. The Morgan fingerprint density at radius 3 is 2.50 bits per heavy atom. The third-order valence-corrected chi connectivity index (χ3v) is 3.46. The van der Waals surface area contributed by atoms with Gasteiger partial charge in [-0.05, 0) is 12.1 Å². The Morgan fingerprint density at radius 1 is 1.50 bits per heavy atom. The first kappa shape index (κ1) is 10.5. The van der Waals surface area contributed by atoms with Gasteiger partial charge in [0.05, 0.1) is 6.07 Å². The van der Waals surface area contributed by atoms with E-state index >= 15 is 0 Å². The summed E-state index contributed by atoms with van der Waals surface area (Å²) in [5.74, 6) is -0.498. The summed E-state index contributed by atoms with van der Waals surface area (Å²) < 4.78 is 24.6. The molecule has 0 amide bonds. The predicted molar refractivity (Wildman–Crippen MR) is 53.1 cm³/mol. The van der Waals surface area contributed by atoms with Gasteiger partial charge >= 0.3 is 0 Å². The number of nitriles is 1. The first-order chi connectivity index (χ1) is 6.61. The van der Waals surface area contributed by atoms with Crippen LogP contribution in [0.4, 0.5) is 0 Å². The molecule has 0 aliphatic heterocycles. The highest BCUT2D eigenvalue weighted by molar-refractivity contribution is 7.91. The molecular formula is C9H10N2O2S. The third kappa shape index (κ3) is 2.03. The van der Waals surface area contributed by atoms with Gasteiger partial charge in [-0.2, -0.15) is 5.26 Å². The number of hydrogen-bond donors (Lipinski definition) is 0. The largest absolute Gasteiger partial charge is 0.334 e. The van der Waals surface area contributed by atoms with Crippen molar-refractivity contribution >= 4 is 9.84 Å². The Bertz CT molecular complexity index is 440. The zero-order chi connectivity index (χ0) is 10.6. The van der Waals surface area contributed by atoms with E-state index in [1.807, 2.05) is 0 Å². The minimum atomic E-state index is -3.46. The van der Waals surface area contributed by atoms with Crippen LogP contribution < -0.4 is 0 Å². The average molecular weight is 210 g/mol. The lowest BCUT2D eigenvalue weighted by molar-refractivity contribution is 0.575. The van der Waals surface area contributed by atoms with E-state index < -0.39 is 21.0 Å². The molecule has 1 unspecified atom stereocenters. The van der Waals surface area contributed by atoms with Crippen molar-refractivity contribution < 1.29 is 8.42 Å². The normalized spacial score (nSPS) is 13.1. The number of hydrogen-bond acceptors (Lipinski definition) is 3. The maximum Gasteiger partial charge on any atom is 0.188 e. The zero-order valence-corrected chi connectivity index (χ0v) is 8.31. The standard InChI is InChI=1S/C9H10N2O2S/c1-2-9(11-6-3-4-7-11)14(12,13)8-5-10/h2-4,6-7,9H,1,8H2. The highest BCUT2D eigenvalue weighted by Crippen LogP contribution is 2.16. The van der Waals surface area contributed by atoms with Gasteiger partial charge in [0.2, 0.25) is 0 Å². The fourth-order valence-corrected chi connectivity index (χ4v) is 2.30. The first-order valence-electron chi connectivity index (χ1n) is 3.95. The van der Waals surface area contributed by atoms with Crippen molar-refractivity contribution in [3.63, 3.8) is 0 Å².